The molecular formula is C12H19FN2O2S2. The summed E-state index contributed by atoms with van der Waals surface area (Å²) >= 11 is 1.57. The molecule has 1 rings (SSSR count). The second-order valence-corrected chi connectivity index (χ2v) is 7.10. The monoisotopic (exact) mass is 306 g/mol. The van der Waals surface area contributed by atoms with Crippen LogP contribution in [0.4, 0.5) is 10.1 Å². The highest BCUT2D eigenvalue weighted by atomic mass is 32.2. The Balaban J connectivity index is 3.19. The number of nitrogen functional groups attached to an aromatic ring is 1. The highest BCUT2D eigenvalue weighted by Gasteiger charge is 2.28. The van der Waals surface area contributed by atoms with Crippen LogP contribution in [0.15, 0.2) is 23.1 Å². The van der Waals surface area contributed by atoms with Crippen LogP contribution in [0.1, 0.15) is 13.3 Å². The number of nitrogens with zero attached hydrogens (tertiary/aromatic N) is 1. The van der Waals surface area contributed by atoms with Gasteiger partial charge in [0.2, 0.25) is 10.0 Å². The zero-order valence-electron chi connectivity index (χ0n) is 11.3. The van der Waals surface area contributed by atoms with Crippen molar-refractivity contribution in [1.29, 1.82) is 0 Å². The van der Waals surface area contributed by atoms with Crippen molar-refractivity contribution in [2.45, 2.75) is 24.3 Å². The third kappa shape index (κ3) is 3.61. The molecule has 1 aromatic rings. The third-order valence-electron chi connectivity index (χ3n) is 2.98. The van der Waals surface area contributed by atoms with Gasteiger partial charge in [0.15, 0.2) is 0 Å². The molecule has 1 aromatic carbocycles. The van der Waals surface area contributed by atoms with E-state index in [4.69, 9.17) is 5.73 Å². The summed E-state index contributed by atoms with van der Waals surface area (Å²) in [6, 6.07) is 3.24. The van der Waals surface area contributed by atoms with Gasteiger partial charge < -0.3 is 5.73 Å². The van der Waals surface area contributed by atoms with E-state index in [0.29, 0.717) is 12.2 Å². The van der Waals surface area contributed by atoms with Crippen LogP contribution in [0.25, 0.3) is 0 Å². The van der Waals surface area contributed by atoms with Gasteiger partial charge in [-0.2, -0.15) is 16.1 Å². The lowest BCUT2D eigenvalue weighted by molar-refractivity contribution is 0.385. The molecule has 108 valence electrons. The molecule has 1 atom stereocenters. The molecule has 1 unspecified atom stereocenters. The molecule has 0 spiro atoms. The molecule has 0 saturated carbocycles. The summed E-state index contributed by atoms with van der Waals surface area (Å²) in [5.74, 6) is 0.0700. The van der Waals surface area contributed by atoms with Gasteiger partial charge in [-0.3, -0.25) is 0 Å². The van der Waals surface area contributed by atoms with E-state index in [-0.39, 0.29) is 16.6 Å². The summed E-state index contributed by atoms with van der Waals surface area (Å²) in [5.41, 5.74) is 5.71. The lowest BCUT2D eigenvalue weighted by Gasteiger charge is -2.26. The number of thioether (sulfide) groups is 1. The van der Waals surface area contributed by atoms with E-state index in [9.17, 15) is 12.8 Å². The van der Waals surface area contributed by atoms with Crippen LogP contribution < -0.4 is 5.73 Å². The largest absolute Gasteiger partial charge is 0.398 e. The molecule has 0 aliphatic rings. The number of anilines is 1. The lowest BCUT2D eigenvalue weighted by Crippen LogP contribution is -2.38. The number of hydrogen-bond donors (Lipinski definition) is 1. The Labute approximate surface area is 118 Å². The first kappa shape index (κ1) is 16.3. The smallest absolute Gasteiger partial charge is 0.245 e. The van der Waals surface area contributed by atoms with Gasteiger partial charge in [-0.1, -0.05) is 6.92 Å². The van der Waals surface area contributed by atoms with Crippen LogP contribution in [-0.2, 0) is 10.0 Å². The molecule has 0 aromatic heterocycles. The highest BCUT2D eigenvalue weighted by molar-refractivity contribution is 7.98. The first-order valence-corrected chi connectivity index (χ1v) is 8.70. The molecule has 0 saturated heterocycles. The summed E-state index contributed by atoms with van der Waals surface area (Å²) in [7, 11) is -2.27. The Morgan fingerprint density at radius 1 is 1.47 bits per heavy atom. The molecule has 7 heteroatoms. The quantitative estimate of drug-likeness (QED) is 0.818. The van der Waals surface area contributed by atoms with Crippen molar-refractivity contribution in [2.75, 3.05) is 24.8 Å². The van der Waals surface area contributed by atoms with Crippen LogP contribution in [0.2, 0.25) is 0 Å². The zero-order chi connectivity index (χ0) is 14.6. The van der Waals surface area contributed by atoms with Gasteiger partial charge in [0.25, 0.3) is 0 Å². The van der Waals surface area contributed by atoms with Crippen LogP contribution in [0.5, 0.6) is 0 Å². The molecule has 19 heavy (non-hydrogen) atoms. The van der Waals surface area contributed by atoms with Gasteiger partial charge in [0, 0.05) is 18.8 Å². The maximum atomic E-state index is 13.2. The van der Waals surface area contributed by atoms with Gasteiger partial charge >= 0.3 is 0 Å². The number of sulfonamides is 1. The van der Waals surface area contributed by atoms with Gasteiger partial charge in [0.05, 0.1) is 5.69 Å². The standard InChI is InChI=1S/C12H19FN2O2S2/c1-4-10(8-18-3)15(2)19(16,17)12-7-9(13)5-6-11(12)14/h5-7,10H,4,8,14H2,1-3H3. The normalized spacial score (nSPS) is 13.7. The summed E-state index contributed by atoms with van der Waals surface area (Å²) in [5, 5.41) is 0. The second-order valence-electron chi connectivity index (χ2n) is 4.22. The molecule has 0 aliphatic heterocycles. The van der Waals surface area contributed by atoms with Crippen molar-refractivity contribution in [3.05, 3.63) is 24.0 Å². The van der Waals surface area contributed by atoms with Crippen molar-refractivity contribution < 1.29 is 12.8 Å². The minimum Gasteiger partial charge on any atom is -0.398 e. The summed E-state index contributed by atoms with van der Waals surface area (Å²) in [4.78, 5) is -0.172. The fourth-order valence-corrected chi connectivity index (χ4v) is 4.25. The number of rotatable bonds is 6. The first-order chi connectivity index (χ1) is 8.84. The lowest BCUT2D eigenvalue weighted by atomic mass is 10.3. The Morgan fingerprint density at radius 2 is 2.11 bits per heavy atom. The molecule has 2 N–H and O–H groups in total. The van der Waals surface area contributed by atoms with Crippen molar-refractivity contribution in [1.82, 2.24) is 4.31 Å². The van der Waals surface area contributed by atoms with E-state index >= 15 is 0 Å². The first-order valence-electron chi connectivity index (χ1n) is 5.86. The molecule has 0 bridgehead atoms. The number of hydrogen-bond acceptors (Lipinski definition) is 4. The highest BCUT2D eigenvalue weighted by Crippen LogP contribution is 2.25. The van der Waals surface area contributed by atoms with Crippen molar-refractivity contribution in [3.63, 3.8) is 0 Å². The maximum Gasteiger partial charge on any atom is 0.245 e. The Hall–Kier alpha value is -0.790. The average Bonchev–Trinajstić information content (AvgIpc) is 2.37. The number of halogens is 1. The molecular weight excluding hydrogens is 287 g/mol. The average molecular weight is 306 g/mol. The Morgan fingerprint density at radius 3 is 2.63 bits per heavy atom. The molecule has 0 aliphatic carbocycles. The van der Waals surface area contributed by atoms with E-state index in [2.05, 4.69) is 0 Å². The van der Waals surface area contributed by atoms with Crippen molar-refractivity contribution in [2.24, 2.45) is 0 Å². The van der Waals surface area contributed by atoms with Crippen LogP contribution in [-0.4, -0.2) is 37.8 Å². The Bertz CT molecular complexity index is 535. The van der Waals surface area contributed by atoms with E-state index in [1.54, 1.807) is 11.8 Å². The molecule has 4 nitrogen and oxygen atoms in total. The second kappa shape index (κ2) is 6.58. The summed E-state index contributed by atoms with van der Waals surface area (Å²) < 4.78 is 39.4. The zero-order valence-corrected chi connectivity index (χ0v) is 12.9. The molecule has 0 heterocycles. The molecule has 0 amide bonds. The number of benzene rings is 1. The predicted octanol–water partition coefficient (Wildman–Crippen LogP) is 2.17. The number of nitrogens with two attached hydrogens (primary N) is 1. The van der Waals surface area contributed by atoms with Gasteiger partial charge in [-0.25, -0.2) is 12.8 Å². The fourth-order valence-electron chi connectivity index (χ4n) is 1.76. The van der Waals surface area contributed by atoms with Crippen LogP contribution in [0, 0.1) is 5.82 Å². The fraction of sp³-hybridized carbons (Fsp3) is 0.500. The predicted molar refractivity (Wildman–Crippen MR) is 78.2 cm³/mol. The van der Waals surface area contributed by atoms with E-state index < -0.39 is 15.8 Å². The SMILES string of the molecule is CCC(CSC)N(C)S(=O)(=O)c1cc(F)ccc1N. The van der Waals surface area contributed by atoms with Crippen molar-refractivity contribution in [3.8, 4) is 0 Å². The van der Waals surface area contributed by atoms with E-state index in [1.165, 1.54) is 17.4 Å². The Kier molecular flexibility index (Phi) is 5.64. The van der Waals surface area contributed by atoms with Crippen molar-refractivity contribution >= 4 is 27.5 Å². The van der Waals surface area contributed by atoms with E-state index in [1.807, 2.05) is 13.2 Å². The maximum absolute atomic E-state index is 13.2. The topological polar surface area (TPSA) is 63.4 Å². The van der Waals surface area contributed by atoms with Crippen LogP contribution in [0.3, 0.4) is 0 Å². The summed E-state index contributed by atoms with van der Waals surface area (Å²) in [6.07, 6.45) is 2.60. The molecule has 0 fully saturated rings. The minimum absolute atomic E-state index is 0.0623. The summed E-state index contributed by atoms with van der Waals surface area (Å²) in [6.45, 7) is 1.92. The molecule has 0 radical (unpaired) electrons. The van der Waals surface area contributed by atoms with Crippen LogP contribution >= 0.6 is 11.8 Å². The van der Waals surface area contributed by atoms with Gasteiger partial charge in [0.1, 0.15) is 10.7 Å². The van der Waals surface area contributed by atoms with E-state index in [0.717, 1.165) is 12.1 Å². The minimum atomic E-state index is -3.77. The van der Waals surface area contributed by atoms with Gasteiger partial charge in [-0.15, -0.1) is 0 Å². The third-order valence-corrected chi connectivity index (χ3v) is 5.66. The van der Waals surface area contributed by atoms with Gasteiger partial charge in [-0.05, 0) is 30.9 Å².